The lowest BCUT2D eigenvalue weighted by Crippen LogP contribution is -2.49. The molecule has 3 amide bonds. The molecule has 28 heavy (non-hydrogen) atoms. The van der Waals surface area contributed by atoms with Crippen LogP contribution in [0.4, 0.5) is 23.7 Å². The molecule has 2 saturated heterocycles. The van der Waals surface area contributed by atoms with E-state index in [0.717, 1.165) is 25.0 Å². The number of halogens is 3. The van der Waals surface area contributed by atoms with E-state index < -0.39 is 17.8 Å². The first kappa shape index (κ1) is 20.4. The van der Waals surface area contributed by atoms with Gasteiger partial charge in [-0.15, -0.1) is 0 Å². The van der Waals surface area contributed by atoms with Gasteiger partial charge in [-0.25, -0.2) is 4.79 Å². The Balaban J connectivity index is 1.43. The van der Waals surface area contributed by atoms with Gasteiger partial charge in [0.1, 0.15) is 0 Å². The van der Waals surface area contributed by atoms with E-state index in [1.807, 2.05) is 4.90 Å². The molecule has 0 spiro atoms. The maximum atomic E-state index is 12.6. The van der Waals surface area contributed by atoms with Crippen molar-refractivity contribution in [1.29, 1.82) is 0 Å². The van der Waals surface area contributed by atoms with E-state index in [2.05, 4.69) is 10.6 Å². The van der Waals surface area contributed by atoms with Crippen LogP contribution in [0, 0.1) is 5.92 Å². The minimum absolute atomic E-state index is 0.0683. The lowest BCUT2D eigenvalue weighted by atomic mass is 9.98. The molecule has 154 valence electrons. The quantitative estimate of drug-likeness (QED) is 0.820. The fraction of sp³-hybridized carbons (Fsp3) is 0.579. The fourth-order valence-electron chi connectivity index (χ4n) is 3.53. The molecule has 2 N–H and O–H groups in total. The van der Waals surface area contributed by atoms with Crippen LogP contribution >= 0.6 is 0 Å². The molecule has 1 aromatic carbocycles. The molecule has 2 fully saturated rings. The Labute approximate surface area is 161 Å². The third-order valence-electron chi connectivity index (χ3n) is 5.12. The van der Waals surface area contributed by atoms with Crippen LogP contribution in [0.5, 0.6) is 0 Å². The number of hydrogen-bond acceptors (Lipinski definition) is 3. The predicted octanol–water partition coefficient (Wildman–Crippen LogP) is 3.24. The Morgan fingerprint density at radius 1 is 1.07 bits per heavy atom. The second-order valence-corrected chi connectivity index (χ2v) is 7.19. The minimum Gasteiger partial charge on any atom is -0.381 e. The summed E-state index contributed by atoms with van der Waals surface area (Å²) in [6.07, 6.45) is -1.37. The Bertz CT molecular complexity index is 680. The van der Waals surface area contributed by atoms with E-state index >= 15 is 0 Å². The molecule has 6 nitrogen and oxygen atoms in total. The summed E-state index contributed by atoms with van der Waals surface area (Å²) < 4.78 is 43.1. The van der Waals surface area contributed by atoms with Crippen LogP contribution in [-0.2, 0) is 15.7 Å². The number of urea groups is 1. The van der Waals surface area contributed by atoms with Gasteiger partial charge in [-0.2, -0.15) is 13.2 Å². The zero-order valence-corrected chi connectivity index (χ0v) is 15.4. The van der Waals surface area contributed by atoms with Gasteiger partial charge < -0.3 is 20.3 Å². The van der Waals surface area contributed by atoms with E-state index in [1.165, 1.54) is 12.1 Å². The average molecular weight is 399 g/mol. The van der Waals surface area contributed by atoms with E-state index in [0.29, 0.717) is 39.1 Å². The molecule has 1 aromatic rings. The molecule has 0 aliphatic carbocycles. The second kappa shape index (κ2) is 8.81. The summed E-state index contributed by atoms with van der Waals surface area (Å²) in [5.41, 5.74) is -0.478. The molecular weight excluding hydrogens is 375 g/mol. The summed E-state index contributed by atoms with van der Waals surface area (Å²) in [7, 11) is 0. The minimum atomic E-state index is -4.41. The van der Waals surface area contributed by atoms with Crippen molar-refractivity contribution >= 4 is 17.6 Å². The normalized spacial score (nSPS) is 21.2. The number of piperidine rings is 1. The molecule has 3 rings (SSSR count). The fourth-order valence-corrected chi connectivity index (χ4v) is 3.53. The van der Waals surface area contributed by atoms with Gasteiger partial charge in [0.25, 0.3) is 0 Å². The molecule has 0 saturated carbocycles. The van der Waals surface area contributed by atoms with Gasteiger partial charge in [0.2, 0.25) is 5.91 Å². The van der Waals surface area contributed by atoms with Crippen LogP contribution in [0.15, 0.2) is 24.3 Å². The van der Waals surface area contributed by atoms with Gasteiger partial charge in [-0.1, -0.05) is 0 Å². The number of anilines is 1. The van der Waals surface area contributed by atoms with Crippen molar-refractivity contribution in [2.24, 2.45) is 5.92 Å². The number of nitrogens with one attached hydrogen (secondary N) is 2. The molecule has 2 aliphatic heterocycles. The zero-order valence-electron chi connectivity index (χ0n) is 15.4. The van der Waals surface area contributed by atoms with Gasteiger partial charge in [-0.3, -0.25) is 4.79 Å². The van der Waals surface area contributed by atoms with Gasteiger partial charge >= 0.3 is 12.2 Å². The monoisotopic (exact) mass is 399 g/mol. The maximum Gasteiger partial charge on any atom is 0.416 e. The molecule has 2 aliphatic rings. The summed E-state index contributed by atoms with van der Waals surface area (Å²) >= 11 is 0. The SMILES string of the molecule is O=C(Nc1ccc(C(F)(F)F)cc1)NC1CCN(C(=O)C2CCCOC2)CC1. The van der Waals surface area contributed by atoms with Gasteiger partial charge in [0.05, 0.1) is 18.1 Å². The smallest absolute Gasteiger partial charge is 0.381 e. The Kier molecular flexibility index (Phi) is 6.43. The lowest BCUT2D eigenvalue weighted by Gasteiger charge is -2.35. The van der Waals surface area contributed by atoms with Crippen molar-refractivity contribution < 1.29 is 27.5 Å². The predicted molar refractivity (Wildman–Crippen MR) is 96.7 cm³/mol. The van der Waals surface area contributed by atoms with E-state index in [9.17, 15) is 22.8 Å². The number of amides is 3. The molecular formula is C19H24F3N3O3. The third kappa shape index (κ3) is 5.37. The molecule has 9 heteroatoms. The number of likely N-dealkylation sites (tertiary alicyclic amines) is 1. The number of benzene rings is 1. The van der Waals surface area contributed by atoms with Crippen molar-refractivity contribution in [3.63, 3.8) is 0 Å². The van der Waals surface area contributed by atoms with Crippen LogP contribution in [0.1, 0.15) is 31.2 Å². The highest BCUT2D eigenvalue weighted by atomic mass is 19.4. The first-order chi connectivity index (χ1) is 13.3. The topological polar surface area (TPSA) is 70.7 Å². The van der Waals surface area contributed by atoms with Crippen LogP contribution in [0.2, 0.25) is 0 Å². The van der Waals surface area contributed by atoms with Crippen molar-refractivity contribution in [3.8, 4) is 0 Å². The van der Waals surface area contributed by atoms with E-state index in [-0.39, 0.29) is 23.6 Å². The van der Waals surface area contributed by atoms with Crippen molar-refractivity contribution in [1.82, 2.24) is 10.2 Å². The van der Waals surface area contributed by atoms with Gasteiger partial charge in [0.15, 0.2) is 0 Å². The summed E-state index contributed by atoms with van der Waals surface area (Å²) in [6.45, 7) is 2.33. The first-order valence-corrected chi connectivity index (χ1v) is 9.44. The Morgan fingerprint density at radius 2 is 1.75 bits per heavy atom. The molecule has 1 unspecified atom stereocenters. The third-order valence-corrected chi connectivity index (χ3v) is 5.12. The number of nitrogens with zero attached hydrogens (tertiary/aromatic N) is 1. The standard InChI is InChI=1S/C19H24F3N3O3/c20-19(21,22)14-3-5-15(6-4-14)23-18(27)24-16-7-9-25(10-8-16)17(26)13-2-1-11-28-12-13/h3-6,13,16H,1-2,7-12H2,(H2,23,24,27). The van der Waals surface area contributed by atoms with Crippen molar-refractivity contribution in [3.05, 3.63) is 29.8 Å². The van der Waals surface area contributed by atoms with Crippen LogP contribution < -0.4 is 10.6 Å². The van der Waals surface area contributed by atoms with Crippen molar-refractivity contribution in [2.75, 3.05) is 31.6 Å². The maximum absolute atomic E-state index is 12.6. The second-order valence-electron chi connectivity index (χ2n) is 7.19. The highest BCUT2D eigenvalue weighted by molar-refractivity contribution is 5.89. The van der Waals surface area contributed by atoms with Crippen LogP contribution in [-0.4, -0.2) is 49.2 Å². The number of hydrogen-bond donors (Lipinski definition) is 2. The van der Waals surface area contributed by atoms with Crippen molar-refractivity contribution in [2.45, 2.75) is 37.9 Å². The molecule has 0 bridgehead atoms. The van der Waals surface area contributed by atoms with Crippen LogP contribution in [0.3, 0.4) is 0 Å². The van der Waals surface area contributed by atoms with E-state index in [1.54, 1.807) is 0 Å². The van der Waals surface area contributed by atoms with E-state index in [4.69, 9.17) is 4.74 Å². The number of ether oxygens (including phenoxy) is 1. The summed E-state index contributed by atoms with van der Waals surface area (Å²) in [6, 6.07) is 3.74. The highest BCUT2D eigenvalue weighted by Gasteiger charge is 2.31. The first-order valence-electron chi connectivity index (χ1n) is 9.44. The van der Waals surface area contributed by atoms with Crippen LogP contribution in [0.25, 0.3) is 0 Å². The number of carbonyl (C=O) groups is 2. The Morgan fingerprint density at radius 3 is 2.32 bits per heavy atom. The Hall–Kier alpha value is -2.29. The lowest BCUT2D eigenvalue weighted by molar-refractivity contribution is -0.141. The zero-order chi connectivity index (χ0) is 20.1. The molecule has 1 atom stereocenters. The average Bonchev–Trinajstić information content (AvgIpc) is 2.68. The highest BCUT2D eigenvalue weighted by Crippen LogP contribution is 2.29. The number of rotatable bonds is 3. The molecule has 0 aromatic heterocycles. The van der Waals surface area contributed by atoms with Gasteiger partial charge in [-0.05, 0) is 49.9 Å². The summed E-state index contributed by atoms with van der Waals surface area (Å²) in [5, 5.41) is 5.36. The summed E-state index contributed by atoms with van der Waals surface area (Å²) in [5.74, 6) is 0.0496. The summed E-state index contributed by atoms with van der Waals surface area (Å²) in [4.78, 5) is 26.4. The molecule has 2 heterocycles. The number of carbonyl (C=O) groups excluding carboxylic acids is 2. The number of alkyl halides is 3. The molecule has 0 radical (unpaired) electrons. The largest absolute Gasteiger partial charge is 0.416 e. The van der Waals surface area contributed by atoms with Gasteiger partial charge in [0, 0.05) is 31.4 Å².